The summed E-state index contributed by atoms with van der Waals surface area (Å²) in [5.41, 5.74) is 0.990. The van der Waals surface area contributed by atoms with Crippen LogP contribution in [-0.4, -0.2) is 29.9 Å². The fourth-order valence-corrected chi connectivity index (χ4v) is 1.72. The number of thiazole rings is 1. The highest BCUT2D eigenvalue weighted by atomic mass is 32.1. The van der Waals surface area contributed by atoms with Crippen molar-refractivity contribution in [1.29, 1.82) is 0 Å². The Morgan fingerprint density at radius 1 is 1.60 bits per heavy atom. The van der Waals surface area contributed by atoms with Gasteiger partial charge < -0.3 is 10.2 Å². The molecule has 0 unspecified atom stereocenters. The van der Waals surface area contributed by atoms with Crippen molar-refractivity contribution in [3.8, 4) is 0 Å². The fourth-order valence-electron chi connectivity index (χ4n) is 1.01. The van der Waals surface area contributed by atoms with Crippen LogP contribution < -0.4 is 5.32 Å². The number of nitrogens with zero attached hydrogens (tertiary/aromatic N) is 2. The third-order valence-electron chi connectivity index (χ3n) is 1.78. The summed E-state index contributed by atoms with van der Waals surface area (Å²) in [7, 11) is 3.98. The SMILES string of the molecule is CC(C)C(=O)Nc1nc(CN(C)C)cs1. The van der Waals surface area contributed by atoms with Gasteiger partial charge in [0.2, 0.25) is 5.91 Å². The molecule has 1 N–H and O–H groups in total. The number of aromatic nitrogens is 1. The van der Waals surface area contributed by atoms with Crippen LogP contribution in [0.2, 0.25) is 0 Å². The van der Waals surface area contributed by atoms with E-state index in [4.69, 9.17) is 0 Å². The van der Waals surface area contributed by atoms with Gasteiger partial charge in [0.05, 0.1) is 5.69 Å². The van der Waals surface area contributed by atoms with Crippen LogP contribution in [0, 0.1) is 5.92 Å². The van der Waals surface area contributed by atoms with Gasteiger partial charge in [-0.25, -0.2) is 4.98 Å². The first kappa shape index (κ1) is 12.1. The van der Waals surface area contributed by atoms with Crippen LogP contribution in [0.15, 0.2) is 5.38 Å². The Morgan fingerprint density at radius 2 is 2.27 bits per heavy atom. The normalized spacial score (nSPS) is 11.1. The zero-order valence-electron chi connectivity index (χ0n) is 9.57. The summed E-state index contributed by atoms with van der Waals surface area (Å²) in [6, 6.07) is 0. The number of anilines is 1. The molecule has 1 amide bonds. The summed E-state index contributed by atoms with van der Waals surface area (Å²) < 4.78 is 0. The van der Waals surface area contributed by atoms with Gasteiger partial charge in [0, 0.05) is 17.8 Å². The molecule has 15 heavy (non-hydrogen) atoms. The number of amides is 1. The highest BCUT2D eigenvalue weighted by Gasteiger charge is 2.09. The van der Waals surface area contributed by atoms with Crippen molar-refractivity contribution < 1.29 is 4.79 Å². The highest BCUT2D eigenvalue weighted by molar-refractivity contribution is 7.13. The molecule has 0 aliphatic heterocycles. The maximum atomic E-state index is 11.4. The molecule has 5 heteroatoms. The van der Waals surface area contributed by atoms with E-state index in [-0.39, 0.29) is 11.8 Å². The quantitative estimate of drug-likeness (QED) is 0.853. The first-order valence-electron chi connectivity index (χ1n) is 4.89. The number of carbonyl (C=O) groups is 1. The molecule has 0 spiro atoms. The molecule has 0 aliphatic carbocycles. The van der Waals surface area contributed by atoms with E-state index in [2.05, 4.69) is 10.3 Å². The van der Waals surface area contributed by atoms with Gasteiger partial charge in [0.15, 0.2) is 5.13 Å². The zero-order chi connectivity index (χ0) is 11.4. The average molecular weight is 227 g/mol. The molecule has 0 bridgehead atoms. The molecule has 0 saturated carbocycles. The lowest BCUT2D eigenvalue weighted by atomic mass is 10.2. The summed E-state index contributed by atoms with van der Waals surface area (Å²) in [5, 5.41) is 5.44. The largest absolute Gasteiger partial charge is 0.304 e. The van der Waals surface area contributed by atoms with Gasteiger partial charge in [-0.2, -0.15) is 0 Å². The van der Waals surface area contributed by atoms with Gasteiger partial charge in [0.25, 0.3) is 0 Å². The van der Waals surface area contributed by atoms with Crippen molar-refractivity contribution in [3.05, 3.63) is 11.1 Å². The number of hydrogen-bond donors (Lipinski definition) is 1. The van der Waals surface area contributed by atoms with Crippen LogP contribution in [0.5, 0.6) is 0 Å². The van der Waals surface area contributed by atoms with Crippen LogP contribution >= 0.6 is 11.3 Å². The molecular weight excluding hydrogens is 210 g/mol. The number of rotatable bonds is 4. The predicted molar refractivity (Wildman–Crippen MR) is 63.0 cm³/mol. The average Bonchev–Trinajstić information content (AvgIpc) is 2.51. The van der Waals surface area contributed by atoms with Crippen LogP contribution in [-0.2, 0) is 11.3 Å². The van der Waals surface area contributed by atoms with E-state index in [9.17, 15) is 4.79 Å². The summed E-state index contributed by atoms with van der Waals surface area (Å²) >= 11 is 1.47. The van der Waals surface area contributed by atoms with E-state index in [1.54, 1.807) is 0 Å². The van der Waals surface area contributed by atoms with Gasteiger partial charge in [-0.1, -0.05) is 13.8 Å². The lowest BCUT2D eigenvalue weighted by Crippen LogP contribution is -2.17. The van der Waals surface area contributed by atoms with Crippen LogP contribution in [0.25, 0.3) is 0 Å². The standard InChI is InChI=1S/C10H17N3OS/c1-7(2)9(14)12-10-11-8(6-15-10)5-13(3)4/h6-7H,5H2,1-4H3,(H,11,12,14). The Kier molecular flexibility index (Phi) is 4.23. The molecule has 1 heterocycles. The molecule has 0 radical (unpaired) electrons. The molecule has 1 aromatic heterocycles. The Balaban J connectivity index is 2.56. The zero-order valence-corrected chi connectivity index (χ0v) is 10.4. The minimum absolute atomic E-state index is 0.00815. The van der Waals surface area contributed by atoms with Gasteiger partial charge in [-0.15, -0.1) is 11.3 Å². The van der Waals surface area contributed by atoms with Crippen molar-refractivity contribution in [2.45, 2.75) is 20.4 Å². The molecule has 4 nitrogen and oxygen atoms in total. The third kappa shape index (κ3) is 3.97. The Labute approximate surface area is 94.3 Å². The van der Waals surface area contributed by atoms with E-state index in [1.807, 2.05) is 38.2 Å². The van der Waals surface area contributed by atoms with Crippen molar-refractivity contribution in [2.24, 2.45) is 5.92 Å². The Hall–Kier alpha value is -0.940. The van der Waals surface area contributed by atoms with Gasteiger partial charge in [0.1, 0.15) is 0 Å². The van der Waals surface area contributed by atoms with E-state index >= 15 is 0 Å². The predicted octanol–water partition coefficient (Wildman–Crippen LogP) is 1.80. The lowest BCUT2D eigenvalue weighted by Gasteiger charge is -2.06. The first-order chi connectivity index (χ1) is 6.99. The second kappa shape index (κ2) is 5.23. The summed E-state index contributed by atoms with van der Waals surface area (Å²) in [5.74, 6) is 0.00644. The monoisotopic (exact) mass is 227 g/mol. The van der Waals surface area contributed by atoms with Crippen molar-refractivity contribution in [3.63, 3.8) is 0 Å². The summed E-state index contributed by atoms with van der Waals surface area (Å²) in [6.07, 6.45) is 0. The van der Waals surface area contributed by atoms with Crippen LogP contribution in [0.3, 0.4) is 0 Å². The van der Waals surface area contributed by atoms with E-state index in [1.165, 1.54) is 11.3 Å². The van der Waals surface area contributed by atoms with E-state index < -0.39 is 0 Å². The van der Waals surface area contributed by atoms with E-state index in [0.29, 0.717) is 5.13 Å². The molecule has 1 aromatic rings. The van der Waals surface area contributed by atoms with Gasteiger partial charge in [-0.3, -0.25) is 4.79 Å². The molecule has 0 saturated heterocycles. The Bertz CT molecular complexity index is 333. The van der Waals surface area contributed by atoms with Crippen molar-refractivity contribution in [1.82, 2.24) is 9.88 Å². The highest BCUT2D eigenvalue weighted by Crippen LogP contribution is 2.16. The molecule has 1 rings (SSSR count). The lowest BCUT2D eigenvalue weighted by molar-refractivity contribution is -0.118. The number of hydrogen-bond acceptors (Lipinski definition) is 4. The Morgan fingerprint density at radius 3 is 2.80 bits per heavy atom. The smallest absolute Gasteiger partial charge is 0.228 e. The maximum absolute atomic E-state index is 11.4. The molecule has 0 fully saturated rings. The number of nitrogens with one attached hydrogen (secondary N) is 1. The second-order valence-corrected chi connectivity index (χ2v) is 4.88. The third-order valence-corrected chi connectivity index (χ3v) is 2.59. The first-order valence-corrected chi connectivity index (χ1v) is 5.77. The molecule has 0 aliphatic rings. The van der Waals surface area contributed by atoms with Crippen LogP contribution in [0.1, 0.15) is 19.5 Å². The molecular formula is C10H17N3OS. The van der Waals surface area contributed by atoms with Crippen molar-refractivity contribution >= 4 is 22.4 Å². The minimum atomic E-state index is -0.00815. The summed E-state index contributed by atoms with van der Waals surface area (Å²) in [4.78, 5) is 17.8. The van der Waals surface area contributed by atoms with Gasteiger partial charge in [-0.05, 0) is 14.1 Å². The van der Waals surface area contributed by atoms with Gasteiger partial charge >= 0.3 is 0 Å². The fraction of sp³-hybridized carbons (Fsp3) is 0.600. The van der Waals surface area contributed by atoms with Crippen LogP contribution in [0.4, 0.5) is 5.13 Å². The van der Waals surface area contributed by atoms with Crippen molar-refractivity contribution in [2.75, 3.05) is 19.4 Å². The maximum Gasteiger partial charge on any atom is 0.228 e. The second-order valence-electron chi connectivity index (χ2n) is 4.03. The molecule has 0 atom stereocenters. The summed E-state index contributed by atoms with van der Waals surface area (Å²) in [6.45, 7) is 4.53. The van der Waals surface area contributed by atoms with E-state index in [0.717, 1.165) is 12.2 Å². The molecule has 0 aromatic carbocycles. The minimum Gasteiger partial charge on any atom is -0.304 e. The topological polar surface area (TPSA) is 45.2 Å². The molecule has 84 valence electrons. The number of carbonyl (C=O) groups excluding carboxylic acids is 1.